The van der Waals surface area contributed by atoms with Crippen molar-refractivity contribution in [3.63, 3.8) is 0 Å². The third kappa shape index (κ3) is 3.31. The van der Waals surface area contributed by atoms with Crippen molar-refractivity contribution in [1.82, 2.24) is 15.0 Å². The van der Waals surface area contributed by atoms with E-state index in [1.165, 1.54) is 0 Å². The van der Waals surface area contributed by atoms with Crippen molar-refractivity contribution < 1.29 is 4.74 Å². The molecule has 0 aliphatic rings. The van der Waals surface area contributed by atoms with Gasteiger partial charge in [0.05, 0.1) is 11.8 Å². The van der Waals surface area contributed by atoms with E-state index in [0.29, 0.717) is 28.6 Å². The van der Waals surface area contributed by atoms with E-state index in [1.807, 2.05) is 37.3 Å². The van der Waals surface area contributed by atoms with Crippen LogP contribution in [0.1, 0.15) is 25.8 Å². The molecule has 0 spiro atoms. The summed E-state index contributed by atoms with van der Waals surface area (Å²) in [5.74, 6) is 1.58. The van der Waals surface area contributed by atoms with Crippen LogP contribution in [0.5, 0.6) is 11.6 Å². The van der Waals surface area contributed by atoms with Crippen LogP contribution in [0.4, 0.5) is 0 Å². The minimum absolute atomic E-state index is 0.164. The van der Waals surface area contributed by atoms with Crippen molar-refractivity contribution in [2.45, 2.75) is 26.3 Å². The van der Waals surface area contributed by atoms with Gasteiger partial charge in [-0.2, -0.15) is 0 Å². The first kappa shape index (κ1) is 15.0. The van der Waals surface area contributed by atoms with Gasteiger partial charge in [0.1, 0.15) is 17.1 Å². The Bertz CT molecular complexity index is 825. The van der Waals surface area contributed by atoms with Crippen molar-refractivity contribution in [2.75, 3.05) is 0 Å². The Morgan fingerprint density at radius 1 is 1.35 bits per heavy atom. The van der Waals surface area contributed by atoms with Gasteiger partial charge in [0.2, 0.25) is 5.88 Å². The molecule has 6 nitrogen and oxygen atoms in total. The highest BCUT2D eigenvalue weighted by Gasteiger charge is 2.12. The molecule has 3 rings (SSSR count). The van der Waals surface area contributed by atoms with E-state index in [2.05, 4.69) is 26.9 Å². The lowest BCUT2D eigenvalue weighted by molar-refractivity contribution is 0.463. The maximum atomic E-state index is 6.11. The number of benzene rings is 1. The molecule has 0 aliphatic heterocycles. The number of nitrogens with zero attached hydrogens (tertiary/aromatic N) is 3. The molecular weight excluding hydrogens is 290 g/mol. The van der Waals surface area contributed by atoms with Crippen LogP contribution >= 0.6 is 0 Å². The Labute approximate surface area is 134 Å². The Morgan fingerprint density at radius 3 is 2.87 bits per heavy atom. The number of nitrogens with one attached hydrogen (secondary N) is 1. The summed E-state index contributed by atoms with van der Waals surface area (Å²) in [7, 11) is 0. The fourth-order valence-electron chi connectivity index (χ4n) is 2.13. The molecule has 0 bridgehead atoms. The predicted octanol–water partition coefficient (Wildman–Crippen LogP) is 3.25. The summed E-state index contributed by atoms with van der Waals surface area (Å²) in [5, 5.41) is 0. The number of hydrogen-bond acceptors (Lipinski definition) is 4. The Balaban J connectivity index is 1.95. The van der Waals surface area contributed by atoms with Crippen LogP contribution in [-0.4, -0.2) is 26.8 Å². The molecule has 2 aromatic heterocycles. The zero-order valence-corrected chi connectivity index (χ0v) is 13.2. The average molecular weight is 309 g/mol. The zero-order chi connectivity index (χ0) is 16.2. The minimum Gasteiger partial charge on any atom is -0.437 e. The lowest BCUT2D eigenvalue weighted by Gasteiger charge is -2.06. The second-order valence-electron chi connectivity index (χ2n) is 5.29. The number of para-hydroxylation sites is 1. The van der Waals surface area contributed by atoms with Gasteiger partial charge in [-0.05, 0) is 25.5 Å². The topological polar surface area (TPSA) is 89.2 Å². The van der Waals surface area contributed by atoms with E-state index >= 15 is 0 Å². The maximum absolute atomic E-state index is 6.11. The van der Waals surface area contributed by atoms with E-state index in [9.17, 15) is 0 Å². The molecule has 1 aromatic carbocycles. The Hall–Kier alpha value is -2.89. The lowest BCUT2D eigenvalue weighted by atomic mass is 10.2. The highest BCUT2D eigenvalue weighted by molar-refractivity contribution is 6.06. The average Bonchev–Trinajstić information content (AvgIpc) is 2.99. The van der Waals surface area contributed by atoms with Crippen molar-refractivity contribution in [3.8, 4) is 11.6 Å². The molecule has 0 saturated carbocycles. The van der Waals surface area contributed by atoms with Gasteiger partial charge in [-0.25, -0.2) is 9.97 Å². The van der Waals surface area contributed by atoms with Gasteiger partial charge in [0, 0.05) is 12.2 Å². The molecule has 0 aliphatic carbocycles. The van der Waals surface area contributed by atoms with Crippen LogP contribution in [0, 0.1) is 0 Å². The summed E-state index contributed by atoms with van der Waals surface area (Å²) in [5.41, 5.74) is 8.16. The van der Waals surface area contributed by atoms with Crippen molar-refractivity contribution >= 4 is 17.0 Å². The van der Waals surface area contributed by atoms with Crippen molar-refractivity contribution in [2.24, 2.45) is 10.7 Å². The van der Waals surface area contributed by atoms with Gasteiger partial charge in [-0.3, -0.25) is 4.99 Å². The first-order valence-corrected chi connectivity index (χ1v) is 7.58. The molecule has 3 N–H and O–H groups in total. The minimum atomic E-state index is 0.164. The third-order valence-electron chi connectivity index (χ3n) is 3.55. The number of fused-ring (bicyclic) bond motifs is 1. The van der Waals surface area contributed by atoms with Crippen LogP contribution in [0.15, 0.2) is 47.7 Å². The van der Waals surface area contributed by atoms with Crippen LogP contribution in [0.25, 0.3) is 11.2 Å². The van der Waals surface area contributed by atoms with Gasteiger partial charge in [-0.15, -0.1) is 0 Å². The highest BCUT2D eigenvalue weighted by Crippen LogP contribution is 2.22. The molecular formula is C17H19N5O. The standard InChI is InChI=1S/C17H19N5O/c1-3-11(2)21-16(18)13-9-19-17-15(13)22-14(10-20-17)23-12-7-5-4-6-8-12/h4-11H,3H2,1-2H3,(H2,18,21)(H,19,20). The summed E-state index contributed by atoms with van der Waals surface area (Å²) in [6.45, 7) is 4.10. The number of amidine groups is 1. The first-order valence-electron chi connectivity index (χ1n) is 7.58. The largest absolute Gasteiger partial charge is 0.437 e. The fourth-order valence-corrected chi connectivity index (χ4v) is 2.13. The van der Waals surface area contributed by atoms with Crippen LogP contribution in [0.3, 0.4) is 0 Å². The van der Waals surface area contributed by atoms with Gasteiger partial charge in [-0.1, -0.05) is 25.1 Å². The van der Waals surface area contributed by atoms with Crippen molar-refractivity contribution in [3.05, 3.63) is 48.3 Å². The van der Waals surface area contributed by atoms with E-state index in [1.54, 1.807) is 12.4 Å². The second kappa shape index (κ2) is 6.48. The zero-order valence-electron chi connectivity index (χ0n) is 13.2. The van der Waals surface area contributed by atoms with E-state index in [4.69, 9.17) is 10.5 Å². The first-order chi connectivity index (χ1) is 11.2. The Morgan fingerprint density at radius 2 is 2.13 bits per heavy atom. The van der Waals surface area contributed by atoms with E-state index in [-0.39, 0.29) is 6.04 Å². The lowest BCUT2D eigenvalue weighted by Crippen LogP contribution is -2.16. The summed E-state index contributed by atoms with van der Waals surface area (Å²) in [4.78, 5) is 16.4. The summed E-state index contributed by atoms with van der Waals surface area (Å²) in [6.07, 6.45) is 4.28. The molecule has 1 unspecified atom stereocenters. The van der Waals surface area contributed by atoms with Crippen LogP contribution in [-0.2, 0) is 0 Å². The molecule has 118 valence electrons. The van der Waals surface area contributed by atoms with Crippen LogP contribution in [0.2, 0.25) is 0 Å². The predicted molar refractivity (Wildman–Crippen MR) is 90.9 cm³/mol. The quantitative estimate of drug-likeness (QED) is 0.559. The highest BCUT2D eigenvalue weighted by atomic mass is 16.5. The molecule has 1 atom stereocenters. The van der Waals surface area contributed by atoms with Crippen LogP contribution < -0.4 is 10.5 Å². The molecule has 0 saturated heterocycles. The number of aromatic amines is 1. The van der Waals surface area contributed by atoms with Crippen molar-refractivity contribution in [1.29, 1.82) is 0 Å². The van der Waals surface area contributed by atoms with E-state index < -0.39 is 0 Å². The summed E-state index contributed by atoms with van der Waals surface area (Å²) >= 11 is 0. The fraction of sp³-hybridized carbons (Fsp3) is 0.235. The molecule has 2 heterocycles. The monoisotopic (exact) mass is 309 g/mol. The third-order valence-corrected chi connectivity index (χ3v) is 3.55. The number of rotatable bonds is 5. The van der Waals surface area contributed by atoms with Gasteiger partial charge >= 0.3 is 0 Å². The molecule has 3 aromatic rings. The second-order valence-corrected chi connectivity index (χ2v) is 5.29. The van der Waals surface area contributed by atoms with Gasteiger partial charge in [0.25, 0.3) is 0 Å². The number of ether oxygens (including phenoxy) is 1. The summed E-state index contributed by atoms with van der Waals surface area (Å²) in [6, 6.07) is 9.62. The van der Waals surface area contributed by atoms with E-state index in [0.717, 1.165) is 12.0 Å². The molecule has 6 heteroatoms. The number of aliphatic imine (C=N–C) groups is 1. The Kier molecular flexibility index (Phi) is 4.23. The normalized spacial score (nSPS) is 13.2. The number of H-pyrrole nitrogens is 1. The smallest absolute Gasteiger partial charge is 0.238 e. The molecule has 0 fully saturated rings. The molecule has 0 radical (unpaired) electrons. The van der Waals surface area contributed by atoms with Gasteiger partial charge in [0.15, 0.2) is 5.65 Å². The van der Waals surface area contributed by atoms with Gasteiger partial charge < -0.3 is 15.5 Å². The maximum Gasteiger partial charge on any atom is 0.238 e. The number of hydrogen-bond donors (Lipinski definition) is 2. The molecule has 23 heavy (non-hydrogen) atoms. The summed E-state index contributed by atoms with van der Waals surface area (Å²) < 4.78 is 5.72. The number of nitrogens with two attached hydrogens (primary N) is 1. The molecule has 0 amide bonds. The number of aromatic nitrogens is 3. The SMILES string of the molecule is CCC(C)N=C(N)c1c[nH]c2ncc(Oc3ccccc3)nc12.